The summed E-state index contributed by atoms with van der Waals surface area (Å²) in [6.07, 6.45) is 6.68. The van der Waals surface area contributed by atoms with Crippen LogP contribution in [0.5, 0.6) is 11.5 Å². The van der Waals surface area contributed by atoms with E-state index >= 15 is 0 Å². The zero-order chi connectivity index (χ0) is 19.6. The molecule has 0 saturated heterocycles. The van der Waals surface area contributed by atoms with E-state index in [2.05, 4.69) is 20.9 Å². The topological polar surface area (TPSA) is 48.3 Å². The van der Waals surface area contributed by atoms with Crippen molar-refractivity contribution in [2.24, 2.45) is 0 Å². The highest BCUT2D eigenvalue weighted by molar-refractivity contribution is 6.31. The molecule has 0 atom stereocenters. The van der Waals surface area contributed by atoms with Crippen LogP contribution in [0.25, 0.3) is 0 Å². The van der Waals surface area contributed by atoms with Gasteiger partial charge in [0.15, 0.2) is 11.5 Å². The summed E-state index contributed by atoms with van der Waals surface area (Å²) >= 11 is 6.21. The highest BCUT2D eigenvalue weighted by Crippen LogP contribution is 2.30. The van der Waals surface area contributed by atoms with Gasteiger partial charge in [-0.15, -0.1) is 0 Å². The molecule has 0 saturated carbocycles. The van der Waals surface area contributed by atoms with Gasteiger partial charge < -0.3 is 19.4 Å². The lowest BCUT2D eigenvalue weighted by atomic mass is 10.2. The second kappa shape index (κ2) is 10.7. The number of ether oxygens (including phenoxy) is 2. The Morgan fingerprint density at radius 2 is 2.00 bits per heavy atom. The molecule has 0 aliphatic heterocycles. The zero-order valence-corrected chi connectivity index (χ0v) is 16.9. The minimum absolute atomic E-state index is 0.408. The zero-order valence-electron chi connectivity index (χ0n) is 16.1. The number of hydrogen-bond donors (Lipinski definition) is 1. The molecule has 0 amide bonds. The van der Waals surface area contributed by atoms with Crippen molar-refractivity contribution in [1.29, 1.82) is 0 Å². The number of halogens is 1. The van der Waals surface area contributed by atoms with Crippen LogP contribution < -0.4 is 14.8 Å². The molecular formula is C22H26ClN3O2. The standard InChI is InChI=1S/C22H26ClN3O2/c1-2-27-22-14-18(15-24-10-5-12-26-13-11-25-17-26)8-9-21(22)28-16-19-6-3-4-7-20(19)23/h3-4,6-9,11,13-14,17,24H,2,5,10,12,15-16H2,1H3. The molecule has 5 nitrogen and oxygen atoms in total. The molecule has 1 N–H and O–H groups in total. The van der Waals surface area contributed by atoms with Crippen molar-refractivity contribution in [3.8, 4) is 11.5 Å². The van der Waals surface area contributed by atoms with Crippen LogP contribution in [0.1, 0.15) is 24.5 Å². The van der Waals surface area contributed by atoms with Crippen LogP contribution in [-0.4, -0.2) is 22.7 Å². The number of aromatic nitrogens is 2. The third-order valence-corrected chi connectivity index (χ3v) is 4.68. The molecular weight excluding hydrogens is 374 g/mol. The van der Waals surface area contributed by atoms with Gasteiger partial charge in [-0.1, -0.05) is 35.9 Å². The van der Waals surface area contributed by atoms with Gasteiger partial charge in [-0.2, -0.15) is 0 Å². The summed E-state index contributed by atoms with van der Waals surface area (Å²) < 4.78 is 13.8. The van der Waals surface area contributed by atoms with E-state index in [0.717, 1.165) is 48.7 Å². The average molecular weight is 400 g/mol. The van der Waals surface area contributed by atoms with Gasteiger partial charge in [0, 0.05) is 36.1 Å². The van der Waals surface area contributed by atoms with Gasteiger partial charge in [0.2, 0.25) is 0 Å². The maximum atomic E-state index is 6.21. The lowest BCUT2D eigenvalue weighted by molar-refractivity contribution is 0.269. The second-order valence-corrected chi connectivity index (χ2v) is 6.83. The number of imidazole rings is 1. The number of hydrogen-bond acceptors (Lipinski definition) is 4. The first-order chi connectivity index (χ1) is 13.8. The van der Waals surface area contributed by atoms with Crippen molar-refractivity contribution in [1.82, 2.24) is 14.9 Å². The summed E-state index contributed by atoms with van der Waals surface area (Å²) in [6.45, 7) is 5.66. The van der Waals surface area contributed by atoms with E-state index in [-0.39, 0.29) is 0 Å². The third-order valence-electron chi connectivity index (χ3n) is 4.31. The molecule has 0 bridgehead atoms. The van der Waals surface area contributed by atoms with Crippen LogP contribution in [0.2, 0.25) is 5.02 Å². The normalized spacial score (nSPS) is 10.8. The van der Waals surface area contributed by atoms with Crippen LogP contribution in [0, 0.1) is 0 Å². The first-order valence-electron chi connectivity index (χ1n) is 9.54. The van der Waals surface area contributed by atoms with E-state index in [9.17, 15) is 0 Å². The van der Waals surface area contributed by atoms with Crippen molar-refractivity contribution in [3.05, 3.63) is 77.3 Å². The fourth-order valence-electron chi connectivity index (χ4n) is 2.86. The number of nitrogens with one attached hydrogen (secondary N) is 1. The fourth-order valence-corrected chi connectivity index (χ4v) is 3.05. The number of aryl methyl sites for hydroxylation is 1. The van der Waals surface area contributed by atoms with Crippen LogP contribution >= 0.6 is 11.6 Å². The average Bonchev–Trinajstić information content (AvgIpc) is 3.22. The van der Waals surface area contributed by atoms with E-state index in [1.54, 1.807) is 6.20 Å². The first-order valence-corrected chi connectivity index (χ1v) is 9.92. The van der Waals surface area contributed by atoms with Gasteiger partial charge in [-0.3, -0.25) is 0 Å². The molecule has 2 aromatic carbocycles. The SMILES string of the molecule is CCOc1cc(CNCCCn2ccnc2)ccc1OCc1ccccc1Cl. The summed E-state index contributed by atoms with van der Waals surface area (Å²) in [5.74, 6) is 1.48. The molecule has 0 aliphatic rings. The molecule has 0 spiro atoms. The molecule has 3 rings (SSSR count). The fraction of sp³-hybridized carbons (Fsp3) is 0.318. The Hall–Kier alpha value is -2.50. The van der Waals surface area contributed by atoms with Gasteiger partial charge in [0.05, 0.1) is 12.9 Å². The Balaban J connectivity index is 1.52. The molecule has 3 aromatic rings. The molecule has 148 valence electrons. The third kappa shape index (κ3) is 6.01. The Kier molecular flexibility index (Phi) is 7.76. The monoisotopic (exact) mass is 399 g/mol. The summed E-state index contributed by atoms with van der Waals surface area (Å²) in [7, 11) is 0. The summed E-state index contributed by atoms with van der Waals surface area (Å²) in [5.41, 5.74) is 2.12. The van der Waals surface area contributed by atoms with E-state index in [0.29, 0.717) is 18.2 Å². The summed E-state index contributed by atoms with van der Waals surface area (Å²) in [5, 5.41) is 4.18. The van der Waals surface area contributed by atoms with Crippen molar-refractivity contribution >= 4 is 11.6 Å². The largest absolute Gasteiger partial charge is 0.490 e. The van der Waals surface area contributed by atoms with E-state index < -0.39 is 0 Å². The van der Waals surface area contributed by atoms with Crippen molar-refractivity contribution in [2.75, 3.05) is 13.2 Å². The molecule has 1 heterocycles. The second-order valence-electron chi connectivity index (χ2n) is 6.43. The van der Waals surface area contributed by atoms with Gasteiger partial charge >= 0.3 is 0 Å². The molecule has 28 heavy (non-hydrogen) atoms. The number of nitrogens with zero attached hydrogens (tertiary/aromatic N) is 2. The quantitative estimate of drug-likeness (QED) is 0.475. The van der Waals surface area contributed by atoms with E-state index in [1.165, 1.54) is 0 Å². The van der Waals surface area contributed by atoms with Crippen molar-refractivity contribution in [3.63, 3.8) is 0 Å². The van der Waals surface area contributed by atoms with Gasteiger partial charge in [-0.05, 0) is 43.7 Å². The lowest BCUT2D eigenvalue weighted by Gasteiger charge is -2.14. The Labute approximate surface area is 171 Å². The number of benzene rings is 2. The highest BCUT2D eigenvalue weighted by atomic mass is 35.5. The van der Waals surface area contributed by atoms with E-state index in [4.69, 9.17) is 21.1 Å². The maximum Gasteiger partial charge on any atom is 0.161 e. The van der Waals surface area contributed by atoms with Crippen molar-refractivity contribution in [2.45, 2.75) is 33.0 Å². The van der Waals surface area contributed by atoms with E-state index in [1.807, 2.05) is 55.8 Å². The number of rotatable bonds is 11. The molecule has 6 heteroatoms. The van der Waals surface area contributed by atoms with Crippen molar-refractivity contribution < 1.29 is 9.47 Å². The molecule has 0 unspecified atom stereocenters. The van der Waals surface area contributed by atoms with Crippen LogP contribution in [0.4, 0.5) is 0 Å². The Bertz CT molecular complexity index is 853. The Morgan fingerprint density at radius 3 is 2.79 bits per heavy atom. The first kappa shape index (κ1) is 20.2. The highest BCUT2D eigenvalue weighted by Gasteiger charge is 2.08. The lowest BCUT2D eigenvalue weighted by Crippen LogP contribution is -2.16. The Morgan fingerprint density at radius 1 is 1.11 bits per heavy atom. The minimum atomic E-state index is 0.408. The van der Waals surface area contributed by atoms with Crippen LogP contribution in [-0.2, 0) is 19.7 Å². The van der Waals surface area contributed by atoms with Gasteiger partial charge in [-0.25, -0.2) is 4.98 Å². The molecule has 0 radical (unpaired) electrons. The predicted octanol–water partition coefficient (Wildman–Crippen LogP) is 4.69. The smallest absolute Gasteiger partial charge is 0.161 e. The molecule has 1 aromatic heterocycles. The summed E-state index contributed by atoms with van der Waals surface area (Å²) in [6, 6.07) is 13.8. The minimum Gasteiger partial charge on any atom is -0.490 e. The summed E-state index contributed by atoms with van der Waals surface area (Å²) in [4.78, 5) is 4.05. The van der Waals surface area contributed by atoms with Crippen LogP contribution in [0.15, 0.2) is 61.2 Å². The van der Waals surface area contributed by atoms with Gasteiger partial charge in [0.25, 0.3) is 0 Å². The van der Waals surface area contributed by atoms with Crippen LogP contribution in [0.3, 0.4) is 0 Å². The predicted molar refractivity (Wildman–Crippen MR) is 112 cm³/mol. The van der Waals surface area contributed by atoms with Gasteiger partial charge in [0.1, 0.15) is 6.61 Å². The molecule has 0 fully saturated rings. The molecule has 0 aliphatic carbocycles. The maximum absolute atomic E-state index is 6.21.